The third kappa shape index (κ3) is 4.54. The van der Waals surface area contributed by atoms with Crippen LogP contribution in [0.5, 0.6) is 0 Å². The van der Waals surface area contributed by atoms with Crippen LogP contribution in [0, 0.1) is 0 Å². The van der Waals surface area contributed by atoms with E-state index in [1.807, 2.05) is 12.1 Å². The fraction of sp³-hybridized carbons (Fsp3) is 0.500. The van der Waals surface area contributed by atoms with Crippen LogP contribution in [-0.4, -0.2) is 12.1 Å². The zero-order chi connectivity index (χ0) is 11.5. The summed E-state index contributed by atoms with van der Waals surface area (Å²) >= 11 is 6.07. The number of nitrogen functional groups attached to an aromatic ring is 1. The van der Waals surface area contributed by atoms with Crippen LogP contribution in [0.15, 0.2) is 18.2 Å². The first-order valence-electron chi connectivity index (χ1n) is 5.17. The van der Waals surface area contributed by atoms with Crippen molar-refractivity contribution < 1.29 is 0 Å². The summed E-state index contributed by atoms with van der Waals surface area (Å²) in [7, 11) is 0. The molecule has 2 nitrogen and oxygen atoms in total. The topological polar surface area (TPSA) is 38.0 Å². The van der Waals surface area contributed by atoms with Crippen LogP contribution in [-0.2, 0) is 6.42 Å². The van der Waals surface area contributed by atoms with Crippen molar-refractivity contribution in [1.29, 1.82) is 0 Å². The maximum Gasteiger partial charge on any atom is 0.0458 e. The van der Waals surface area contributed by atoms with E-state index in [0.717, 1.165) is 23.6 Å². The molecular formula is C12H19ClN2. The van der Waals surface area contributed by atoms with Gasteiger partial charge in [-0.15, -0.1) is 0 Å². The average Bonchev–Trinajstić information content (AvgIpc) is 2.07. The molecule has 0 aliphatic rings. The largest absolute Gasteiger partial charge is 0.399 e. The lowest BCUT2D eigenvalue weighted by molar-refractivity contribution is 0.429. The zero-order valence-electron chi connectivity index (χ0n) is 9.60. The van der Waals surface area contributed by atoms with Crippen molar-refractivity contribution in [2.75, 3.05) is 12.3 Å². The lowest BCUT2D eigenvalue weighted by atomic mass is 10.1. The highest BCUT2D eigenvalue weighted by molar-refractivity contribution is 6.31. The summed E-state index contributed by atoms with van der Waals surface area (Å²) in [6.07, 6.45) is 0.927. The van der Waals surface area contributed by atoms with E-state index in [4.69, 9.17) is 17.3 Å². The van der Waals surface area contributed by atoms with E-state index in [2.05, 4.69) is 26.1 Å². The first kappa shape index (κ1) is 12.3. The third-order valence-corrected chi connectivity index (χ3v) is 2.48. The first-order valence-corrected chi connectivity index (χ1v) is 5.55. The highest BCUT2D eigenvalue weighted by atomic mass is 35.5. The lowest BCUT2D eigenvalue weighted by Gasteiger charge is -2.20. The van der Waals surface area contributed by atoms with Gasteiger partial charge in [0.15, 0.2) is 0 Å². The van der Waals surface area contributed by atoms with E-state index in [1.165, 1.54) is 0 Å². The van der Waals surface area contributed by atoms with Gasteiger partial charge < -0.3 is 11.1 Å². The monoisotopic (exact) mass is 226 g/mol. The quantitative estimate of drug-likeness (QED) is 0.778. The Morgan fingerprint density at radius 3 is 2.53 bits per heavy atom. The van der Waals surface area contributed by atoms with E-state index in [1.54, 1.807) is 6.07 Å². The van der Waals surface area contributed by atoms with Crippen molar-refractivity contribution >= 4 is 17.3 Å². The number of rotatable bonds is 3. The van der Waals surface area contributed by atoms with Gasteiger partial charge in [0.25, 0.3) is 0 Å². The summed E-state index contributed by atoms with van der Waals surface area (Å²) in [6, 6.07) is 5.67. The number of hydrogen-bond donors (Lipinski definition) is 2. The minimum atomic E-state index is 0.153. The molecule has 3 heteroatoms. The molecule has 1 rings (SSSR count). The Balaban J connectivity index is 2.51. The summed E-state index contributed by atoms with van der Waals surface area (Å²) in [6.45, 7) is 7.37. The van der Waals surface area contributed by atoms with Crippen LogP contribution < -0.4 is 11.1 Å². The molecule has 0 aromatic heterocycles. The van der Waals surface area contributed by atoms with Crippen LogP contribution in [0.4, 0.5) is 5.69 Å². The van der Waals surface area contributed by atoms with Crippen molar-refractivity contribution in [1.82, 2.24) is 5.32 Å². The van der Waals surface area contributed by atoms with Crippen molar-refractivity contribution in [2.24, 2.45) is 0 Å². The summed E-state index contributed by atoms with van der Waals surface area (Å²) in [5.74, 6) is 0. The number of benzene rings is 1. The molecule has 0 bridgehead atoms. The molecule has 15 heavy (non-hydrogen) atoms. The molecule has 0 saturated carbocycles. The Morgan fingerprint density at radius 1 is 1.33 bits per heavy atom. The molecular weight excluding hydrogens is 208 g/mol. The van der Waals surface area contributed by atoms with Gasteiger partial charge in [0.2, 0.25) is 0 Å². The van der Waals surface area contributed by atoms with Crippen molar-refractivity contribution in [3.8, 4) is 0 Å². The molecule has 0 unspecified atom stereocenters. The molecule has 0 amide bonds. The lowest BCUT2D eigenvalue weighted by Crippen LogP contribution is -2.37. The summed E-state index contributed by atoms with van der Waals surface area (Å²) in [4.78, 5) is 0. The molecule has 3 N–H and O–H groups in total. The summed E-state index contributed by atoms with van der Waals surface area (Å²) in [5, 5.41) is 4.18. The summed E-state index contributed by atoms with van der Waals surface area (Å²) < 4.78 is 0. The second-order valence-corrected chi connectivity index (χ2v) is 5.18. The Bertz CT molecular complexity index is 329. The van der Waals surface area contributed by atoms with Gasteiger partial charge in [-0.25, -0.2) is 0 Å². The normalized spacial score (nSPS) is 11.7. The number of nitrogens with two attached hydrogens (primary N) is 1. The molecule has 0 atom stereocenters. The molecule has 0 fully saturated rings. The highest BCUT2D eigenvalue weighted by Crippen LogP contribution is 2.19. The van der Waals surface area contributed by atoms with Crippen LogP contribution in [0.3, 0.4) is 0 Å². The predicted octanol–water partition coefficient (Wildman–Crippen LogP) is 2.85. The second-order valence-electron chi connectivity index (χ2n) is 4.78. The van der Waals surface area contributed by atoms with Crippen LogP contribution in [0.1, 0.15) is 26.3 Å². The Morgan fingerprint density at radius 2 is 2.00 bits per heavy atom. The third-order valence-electron chi connectivity index (χ3n) is 2.13. The molecule has 0 heterocycles. The van der Waals surface area contributed by atoms with E-state index in [-0.39, 0.29) is 5.54 Å². The Labute approximate surface area is 96.8 Å². The molecule has 0 spiro atoms. The predicted molar refractivity (Wildman–Crippen MR) is 67.3 cm³/mol. The van der Waals surface area contributed by atoms with Crippen LogP contribution in [0.2, 0.25) is 5.02 Å². The van der Waals surface area contributed by atoms with Gasteiger partial charge in [-0.05, 0) is 51.4 Å². The van der Waals surface area contributed by atoms with E-state index >= 15 is 0 Å². The molecule has 0 aliphatic heterocycles. The van der Waals surface area contributed by atoms with Crippen molar-refractivity contribution in [2.45, 2.75) is 32.7 Å². The van der Waals surface area contributed by atoms with Gasteiger partial charge in [0.05, 0.1) is 0 Å². The van der Waals surface area contributed by atoms with E-state index in [0.29, 0.717) is 5.69 Å². The number of nitrogens with one attached hydrogen (secondary N) is 1. The molecule has 0 aliphatic carbocycles. The minimum absolute atomic E-state index is 0.153. The van der Waals surface area contributed by atoms with Gasteiger partial charge in [-0.2, -0.15) is 0 Å². The standard InChI is InChI=1S/C12H19ClN2/c1-12(2,3)15-7-6-9-4-5-10(14)8-11(9)13/h4-5,8,15H,6-7,14H2,1-3H3. The number of hydrogen-bond acceptors (Lipinski definition) is 2. The van der Waals surface area contributed by atoms with Crippen molar-refractivity contribution in [3.63, 3.8) is 0 Å². The van der Waals surface area contributed by atoms with E-state index in [9.17, 15) is 0 Å². The molecule has 1 aromatic rings. The second kappa shape index (κ2) is 4.86. The smallest absolute Gasteiger partial charge is 0.0458 e. The van der Waals surface area contributed by atoms with Gasteiger partial charge in [-0.1, -0.05) is 17.7 Å². The molecule has 0 saturated heterocycles. The molecule has 84 valence electrons. The van der Waals surface area contributed by atoms with E-state index < -0.39 is 0 Å². The molecule has 1 aromatic carbocycles. The van der Waals surface area contributed by atoms with Gasteiger partial charge >= 0.3 is 0 Å². The fourth-order valence-electron chi connectivity index (χ4n) is 1.34. The number of halogens is 1. The van der Waals surface area contributed by atoms with Crippen LogP contribution in [0.25, 0.3) is 0 Å². The maximum absolute atomic E-state index is 6.07. The van der Waals surface area contributed by atoms with Gasteiger partial charge in [0.1, 0.15) is 0 Å². The average molecular weight is 227 g/mol. The fourth-order valence-corrected chi connectivity index (χ4v) is 1.62. The first-order chi connectivity index (χ1) is 6.88. The Kier molecular flexibility index (Phi) is 4.00. The summed E-state index contributed by atoms with van der Waals surface area (Å²) in [5.41, 5.74) is 7.64. The van der Waals surface area contributed by atoms with Gasteiger partial charge in [-0.3, -0.25) is 0 Å². The SMILES string of the molecule is CC(C)(C)NCCc1ccc(N)cc1Cl. The Hall–Kier alpha value is -0.730. The van der Waals surface area contributed by atoms with Gasteiger partial charge in [0, 0.05) is 16.2 Å². The van der Waals surface area contributed by atoms with Crippen LogP contribution >= 0.6 is 11.6 Å². The zero-order valence-corrected chi connectivity index (χ0v) is 10.4. The molecule has 0 radical (unpaired) electrons. The minimum Gasteiger partial charge on any atom is -0.399 e. The highest BCUT2D eigenvalue weighted by Gasteiger charge is 2.08. The maximum atomic E-state index is 6.07. The number of anilines is 1. The van der Waals surface area contributed by atoms with Crippen molar-refractivity contribution in [3.05, 3.63) is 28.8 Å².